The van der Waals surface area contributed by atoms with Crippen molar-refractivity contribution in [2.24, 2.45) is 0 Å². The number of ether oxygens (including phenoxy) is 1. The number of methoxy groups -OCH3 is 1. The van der Waals surface area contributed by atoms with Crippen molar-refractivity contribution in [1.29, 1.82) is 0 Å². The zero-order chi connectivity index (χ0) is 17.4. The predicted molar refractivity (Wildman–Crippen MR) is 93.6 cm³/mol. The standard InChI is InChI=1S/C20H26FNO/c1-19(2,3)15-12-17(21)16(20(4,5)6)11-14(15)13-9-8-10-22-18(13)23-7/h8-12H,1-7H3. The Morgan fingerprint density at radius 1 is 0.913 bits per heavy atom. The molecule has 0 bridgehead atoms. The molecule has 0 atom stereocenters. The zero-order valence-electron chi connectivity index (χ0n) is 15.1. The van der Waals surface area contributed by atoms with Gasteiger partial charge in [-0.15, -0.1) is 0 Å². The third-order valence-corrected chi connectivity index (χ3v) is 3.98. The maximum atomic E-state index is 14.7. The molecule has 124 valence electrons. The van der Waals surface area contributed by atoms with Crippen LogP contribution in [-0.4, -0.2) is 12.1 Å². The minimum atomic E-state index is -0.273. The summed E-state index contributed by atoms with van der Waals surface area (Å²) < 4.78 is 20.1. The number of halogens is 1. The van der Waals surface area contributed by atoms with E-state index in [0.717, 1.165) is 16.7 Å². The Labute approximate surface area is 138 Å². The third-order valence-electron chi connectivity index (χ3n) is 3.98. The molecular weight excluding hydrogens is 289 g/mol. The summed E-state index contributed by atoms with van der Waals surface area (Å²) in [5.41, 5.74) is 3.07. The molecule has 2 nitrogen and oxygen atoms in total. The number of benzene rings is 1. The van der Waals surface area contributed by atoms with Crippen molar-refractivity contribution in [2.75, 3.05) is 7.11 Å². The second-order valence-electron chi connectivity index (χ2n) is 7.94. The SMILES string of the molecule is COc1ncccc1-c1cc(C(C)(C)C)c(F)cc1C(C)(C)C. The Morgan fingerprint density at radius 3 is 2.04 bits per heavy atom. The fourth-order valence-corrected chi connectivity index (χ4v) is 2.75. The minimum absolute atomic E-state index is 0.158. The van der Waals surface area contributed by atoms with Crippen LogP contribution in [0.25, 0.3) is 11.1 Å². The monoisotopic (exact) mass is 315 g/mol. The van der Waals surface area contributed by atoms with Crippen molar-refractivity contribution in [2.45, 2.75) is 52.4 Å². The molecule has 0 radical (unpaired) electrons. The highest BCUT2D eigenvalue weighted by Crippen LogP contribution is 2.40. The second kappa shape index (κ2) is 5.95. The first kappa shape index (κ1) is 17.5. The maximum absolute atomic E-state index is 14.7. The van der Waals surface area contributed by atoms with Crippen LogP contribution in [-0.2, 0) is 10.8 Å². The van der Waals surface area contributed by atoms with Gasteiger partial charge in [0, 0.05) is 11.8 Å². The van der Waals surface area contributed by atoms with E-state index in [-0.39, 0.29) is 16.6 Å². The van der Waals surface area contributed by atoms with Gasteiger partial charge >= 0.3 is 0 Å². The maximum Gasteiger partial charge on any atom is 0.221 e. The van der Waals surface area contributed by atoms with Gasteiger partial charge in [0.25, 0.3) is 0 Å². The van der Waals surface area contributed by atoms with Crippen LogP contribution in [0.5, 0.6) is 5.88 Å². The molecule has 0 fully saturated rings. The van der Waals surface area contributed by atoms with Gasteiger partial charge in [0.1, 0.15) is 5.82 Å². The van der Waals surface area contributed by atoms with Gasteiger partial charge in [-0.1, -0.05) is 41.5 Å². The molecule has 3 heteroatoms. The predicted octanol–water partition coefficient (Wildman–Crippen LogP) is 5.49. The summed E-state index contributed by atoms with van der Waals surface area (Å²) in [5.74, 6) is 0.401. The molecule has 0 spiro atoms. The number of aromatic nitrogens is 1. The average molecular weight is 315 g/mol. The molecule has 0 saturated carbocycles. The van der Waals surface area contributed by atoms with E-state index in [1.165, 1.54) is 0 Å². The van der Waals surface area contributed by atoms with E-state index in [4.69, 9.17) is 4.74 Å². The summed E-state index contributed by atoms with van der Waals surface area (Å²) >= 11 is 0. The van der Waals surface area contributed by atoms with E-state index < -0.39 is 0 Å². The number of hydrogen-bond donors (Lipinski definition) is 0. The largest absolute Gasteiger partial charge is 0.481 e. The normalized spacial score (nSPS) is 12.3. The van der Waals surface area contributed by atoms with Crippen LogP contribution < -0.4 is 4.74 Å². The van der Waals surface area contributed by atoms with Crippen molar-refractivity contribution in [1.82, 2.24) is 4.98 Å². The number of rotatable bonds is 2. The molecule has 1 aromatic carbocycles. The lowest BCUT2D eigenvalue weighted by atomic mass is 9.77. The molecule has 0 unspecified atom stereocenters. The van der Waals surface area contributed by atoms with E-state index in [1.54, 1.807) is 19.4 Å². The number of pyridine rings is 1. The third kappa shape index (κ3) is 3.54. The molecule has 1 aromatic heterocycles. The lowest BCUT2D eigenvalue weighted by molar-refractivity contribution is 0.399. The molecule has 1 heterocycles. The average Bonchev–Trinajstić information content (AvgIpc) is 2.44. The van der Waals surface area contributed by atoms with Gasteiger partial charge in [-0.05, 0) is 51.8 Å². The smallest absolute Gasteiger partial charge is 0.221 e. The molecule has 2 rings (SSSR count). The molecule has 0 amide bonds. The van der Waals surface area contributed by atoms with Crippen LogP contribution in [0.1, 0.15) is 52.7 Å². The summed E-state index contributed by atoms with van der Waals surface area (Å²) in [6.07, 6.45) is 1.70. The van der Waals surface area contributed by atoms with Gasteiger partial charge in [-0.3, -0.25) is 0 Å². The van der Waals surface area contributed by atoms with Gasteiger partial charge < -0.3 is 4.74 Å². The van der Waals surface area contributed by atoms with Crippen LogP contribution >= 0.6 is 0 Å². The van der Waals surface area contributed by atoms with Gasteiger partial charge in [-0.2, -0.15) is 0 Å². The quantitative estimate of drug-likeness (QED) is 0.731. The second-order valence-corrected chi connectivity index (χ2v) is 7.94. The zero-order valence-corrected chi connectivity index (χ0v) is 15.1. The van der Waals surface area contributed by atoms with E-state index in [2.05, 4.69) is 25.8 Å². The Morgan fingerprint density at radius 2 is 1.52 bits per heavy atom. The van der Waals surface area contributed by atoms with Crippen LogP contribution in [0.2, 0.25) is 0 Å². The molecule has 0 aliphatic heterocycles. The van der Waals surface area contributed by atoms with Crippen LogP contribution in [0.15, 0.2) is 30.5 Å². The minimum Gasteiger partial charge on any atom is -0.481 e. The fourth-order valence-electron chi connectivity index (χ4n) is 2.75. The van der Waals surface area contributed by atoms with Crippen LogP contribution in [0.4, 0.5) is 4.39 Å². The summed E-state index contributed by atoms with van der Waals surface area (Å²) in [6.45, 7) is 12.3. The Bertz CT molecular complexity index is 709. The Balaban J connectivity index is 2.83. The van der Waals surface area contributed by atoms with Gasteiger partial charge in [-0.25, -0.2) is 9.37 Å². The Hall–Kier alpha value is -1.90. The fraction of sp³-hybridized carbons (Fsp3) is 0.450. The van der Waals surface area contributed by atoms with Crippen LogP contribution in [0, 0.1) is 5.82 Å². The lowest BCUT2D eigenvalue weighted by Crippen LogP contribution is -2.18. The van der Waals surface area contributed by atoms with Crippen LogP contribution in [0.3, 0.4) is 0 Å². The molecule has 0 aliphatic rings. The van der Waals surface area contributed by atoms with Gasteiger partial charge in [0.15, 0.2) is 0 Å². The molecule has 23 heavy (non-hydrogen) atoms. The van der Waals surface area contributed by atoms with Crippen molar-refractivity contribution in [3.05, 3.63) is 47.4 Å². The summed E-state index contributed by atoms with van der Waals surface area (Å²) in [5, 5.41) is 0. The summed E-state index contributed by atoms with van der Waals surface area (Å²) in [7, 11) is 1.61. The van der Waals surface area contributed by atoms with E-state index in [9.17, 15) is 4.39 Å². The molecule has 0 N–H and O–H groups in total. The lowest BCUT2D eigenvalue weighted by Gasteiger charge is -2.28. The van der Waals surface area contributed by atoms with Crippen molar-refractivity contribution < 1.29 is 9.13 Å². The van der Waals surface area contributed by atoms with Gasteiger partial charge in [0.2, 0.25) is 5.88 Å². The highest BCUT2D eigenvalue weighted by molar-refractivity contribution is 5.74. The molecular formula is C20H26FNO. The number of hydrogen-bond acceptors (Lipinski definition) is 2. The van der Waals surface area contributed by atoms with Crippen molar-refractivity contribution in [3.8, 4) is 17.0 Å². The molecule has 2 aromatic rings. The van der Waals surface area contributed by atoms with Crippen molar-refractivity contribution in [3.63, 3.8) is 0 Å². The first-order valence-electron chi connectivity index (χ1n) is 7.89. The molecule has 0 saturated heterocycles. The van der Waals surface area contributed by atoms with E-state index in [0.29, 0.717) is 11.4 Å². The topological polar surface area (TPSA) is 22.1 Å². The van der Waals surface area contributed by atoms with Crippen molar-refractivity contribution >= 4 is 0 Å². The highest BCUT2D eigenvalue weighted by atomic mass is 19.1. The number of nitrogens with zero attached hydrogens (tertiary/aromatic N) is 1. The first-order chi connectivity index (χ1) is 10.6. The van der Waals surface area contributed by atoms with E-state index >= 15 is 0 Å². The Kier molecular flexibility index (Phi) is 4.52. The van der Waals surface area contributed by atoms with Gasteiger partial charge in [0.05, 0.1) is 7.11 Å². The summed E-state index contributed by atoms with van der Waals surface area (Å²) in [6, 6.07) is 7.48. The molecule has 0 aliphatic carbocycles. The first-order valence-corrected chi connectivity index (χ1v) is 7.89. The highest BCUT2D eigenvalue weighted by Gasteiger charge is 2.27. The summed E-state index contributed by atoms with van der Waals surface area (Å²) in [4.78, 5) is 4.30. The van der Waals surface area contributed by atoms with E-state index in [1.807, 2.05) is 39.0 Å².